The van der Waals surface area contributed by atoms with Gasteiger partial charge in [0.2, 0.25) is 0 Å². The first-order chi connectivity index (χ1) is 28.3. The van der Waals surface area contributed by atoms with Gasteiger partial charge < -0.3 is 35.0 Å². The molecule has 0 atom stereocenters. The summed E-state index contributed by atoms with van der Waals surface area (Å²) in [5.74, 6) is -2.34. The van der Waals surface area contributed by atoms with Gasteiger partial charge in [-0.05, 0) is 142 Å². The number of H-pyrrole nitrogens is 1. The largest absolute Gasteiger partial charge is 0.478 e. The Labute approximate surface area is 348 Å². The molecule has 10 nitrogen and oxygen atoms in total. The molecule has 1 aromatic heterocycles. The molecule has 2 aliphatic rings. The Kier molecular flexibility index (Phi) is 15.6. The molecule has 61 heavy (non-hydrogen) atoms. The number of rotatable bonds is 10. The van der Waals surface area contributed by atoms with Crippen molar-refractivity contribution in [1.29, 1.82) is 0 Å². The van der Waals surface area contributed by atoms with Crippen molar-refractivity contribution >= 4 is 23.3 Å². The Morgan fingerprint density at radius 2 is 1.11 bits per heavy atom. The first-order valence-electron chi connectivity index (χ1n) is 19.9. The van der Waals surface area contributed by atoms with Gasteiger partial charge in [-0.3, -0.25) is 9.59 Å². The summed E-state index contributed by atoms with van der Waals surface area (Å²) in [6, 6.07) is 4.36. The number of amides is 1. The van der Waals surface area contributed by atoms with E-state index < -0.39 is 64.8 Å². The summed E-state index contributed by atoms with van der Waals surface area (Å²) >= 11 is 0. The first kappa shape index (κ1) is 48.9. The molecular weight excluding hydrogens is 823 g/mol. The number of aryl methyl sites for hydroxylation is 1. The normalized spacial score (nSPS) is 16.2. The molecule has 3 heterocycles. The molecule has 5 rings (SSSR count). The van der Waals surface area contributed by atoms with E-state index in [4.69, 9.17) is 0 Å². The predicted molar refractivity (Wildman–Crippen MR) is 214 cm³/mol. The highest BCUT2D eigenvalue weighted by atomic mass is 19.4. The number of pyridine rings is 1. The van der Waals surface area contributed by atoms with Crippen LogP contribution < -0.4 is 20.7 Å². The molecule has 0 bridgehead atoms. The molecule has 2 aromatic carbocycles. The van der Waals surface area contributed by atoms with Crippen LogP contribution in [-0.4, -0.2) is 97.2 Å². The van der Waals surface area contributed by atoms with E-state index in [1.807, 2.05) is 37.7 Å². The van der Waals surface area contributed by atoms with Gasteiger partial charge in [0.25, 0.3) is 11.5 Å². The molecular formula is C42H53F9N6O4. The highest BCUT2D eigenvalue weighted by Crippen LogP contribution is 2.39. The number of carbonyl (C=O) groups excluding carboxylic acids is 1. The molecule has 0 radical (unpaired) electrons. The highest BCUT2D eigenvalue weighted by Gasteiger charge is 2.38. The lowest BCUT2D eigenvalue weighted by molar-refractivity contribution is -0.139. The summed E-state index contributed by atoms with van der Waals surface area (Å²) in [4.78, 5) is 47.0. The molecule has 0 aliphatic carbocycles. The number of hydrogen-bond donors (Lipinski definition) is 3. The number of piperidine rings is 2. The van der Waals surface area contributed by atoms with Gasteiger partial charge in [0.15, 0.2) is 0 Å². The molecule has 3 N–H and O–H groups in total. The molecule has 3 aromatic rings. The summed E-state index contributed by atoms with van der Waals surface area (Å²) in [5.41, 5.74) is -4.24. The van der Waals surface area contributed by atoms with E-state index in [0.29, 0.717) is 30.4 Å². The maximum atomic E-state index is 13.8. The van der Waals surface area contributed by atoms with E-state index in [0.717, 1.165) is 76.1 Å². The molecule has 2 saturated heterocycles. The van der Waals surface area contributed by atoms with E-state index in [1.54, 1.807) is 6.92 Å². The number of carbonyl (C=O) groups is 2. The van der Waals surface area contributed by atoms with Crippen molar-refractivity contribution in [2.75, 3.05) is 63.2 Å². The fourth-order valence-corrected chi connectivity index (χ4v) is 8.05. The zero-order chi connectivity index (χ0) is 45.8. The number of aromatic amines is 1. The van der Waals surface area contributed by atoms with Crippen molar-refractivity contribution in [3.8, 4) is 0 Å². The van der Waals surface area contributed by atoms with Gasteiger partial charge in [0.1, 0.15) is 0 Å². The third-order valence-electron chi connectivity index (χ3n) is 11.5. The molecule has 338 valence electrons. The molecule has 2 fully saturated rings. The van der Waals surface area contributed by atoms with Crippen LogP contribution in [0.1, 0.15) is 99.3 Å². The fraction of sp³-hybridized carbons (Fsp3) is 0.548. The average Bonchev–Trinajstić information content (AvgIpc) is 3.16. The van der Waals surface area contributed by atoms with Crippen LogP contribution in [0, 0.1) is 20.8 Å². The van der Waals surface area contributed by atoms with Gasteiger partial charge in [-0.15, -0.1) is 0 Å². The zero-order valence-corrected chi connectivity index (χ0v) is 35.2. The average molecular weight is 877 g/mol. The number of anilines is 2. The number of aromatic nitrogens is 1. The number of carboxylic acid groups (broad SMARTS) is 1. The maximum Gasteiger partial charge on any atom is 0.417 e. The second-order valence-electron chi connectivity index (χ2n) is 15.6. The summed E-state index contributed by atoms with van der Waals surface area (Å²) in [5, 5.41) is 11.5. The number of likely N-dealkylation sites (tertiary alicyclic amines) is 2. The summed E-state index contributed by atoms with van der Waals surface area (Å²) in [7, 11) is 3.98. The molecule has 19 heteroatoms. The number of benzene rings is 2. The van der Waals surface area contributed by atoms with Crippen LogP contribution >= 0.6 is 0 Å². The number of hydrogen-bond acceptors (Lipinski definition) is 7. The number of halogens is 9. The maximum absolute atomic E-state index is 13.8. The van der Waals surface area contributed by atoms with Crippen molar-refractivity contribution < 1.29 is 54.2 Å². The summed E-state index contributed by atoms with van der Waals surface area (Å²) < 4.78 is 121. The van der Waals surface area contributed by atoms with E-state index in [-0.39, 0.29) is 40.2 Å². The van der Waals surface area contributed by atoms with Crippen molar-refractivity contribution in [2.24, 2.45) is 0 Å². The van der Waals surface area contributed by atoms with Crippen LogP contribution in [0.5, 0.6) is 0 Å². The van der Waals surface area contributed by atoms with Gasteiger partial charge >= 0.3 is 24.5 Å². The van der Waals surface area contributed by atoms with Crippen molar-refractivity contribution in [3.63, 3.8) is 0 Å². The minimum atomic E-state index is -4.85. The van der Waals surface area contributed by atoms with Crippen molar-refractivity contribution in [1.82, 2.24) is 20.1 Å². The Hall–Kier alpha value is -4.78. The van der Waals surface area contributed by atoms with Gasteiger partial charge in [0, 0.05) is 59.9 Å². The molecule has 2 aliphatic heterocycles. The van der Waals surface area contributed by atoms with Crippen LogP contribution in [0.2, 0.25) is 0 Å². The lowest BCUT2D eigenvalue weighted by Gasteiger charge is -2.39. The lowest BCUT2D eigenvalue weighted by Crippen LogP contribution is -2.44. The number of aromatic carboxylic acids is 1. The van der Waals surface area contributed by atoms with Crippen molar-refractivity contribution in [2.45, 2.75) is 97.5 Å². The molecule has 0 spiro atoms. The lowest BCUT2D eigenvalue weighted by atomic mass is 9.97. The van der Waals surface area contributed by atoms with Crippen LogP contribution in [0.15, 0.2) is 35.1 Å². The van der Waals surface area contributed by atoms with Crippen molar-refractivity contribution in [3.05, 3.63) is 90.9 Å². The summed E-state index contributed by atoms with van der Waals surface area (Å²) in [6.45, 7) is 11.5. The zero-order valence-electron chi connectivity index (χ0n) is 35.2. The number of alkyl halides is 9. The minimum Gasteiger partial charge on any atom is -0.478 e. The van der Waals surface area contributed by atoms with Gasteiger partial charge in [-0.2, -0.15) is 39.5 Å². The second kappa shape index (κ2) is 19.5. The van der Waals surface area contributed by atoms with E-state index in [1.165, 1.54) is 13.8 Å². The predicted octanol–water partition coefficient (Wildman–Crippen LogP) is 8.51. The monoisotopic (exact) mass is 876 g/mol. The Balaban J connectivity index is 0.000000294. The molecule has 0 unspecified atom stereocenters. The number of nitrogens with zero attached hydrogens (tertiary/aromatic N) is 4. The van der Waals surface area contributed by atoms with Gasteiger partial charge in [-0.1, -0.05) is 0 Å². The third-order valence-corrected chi connectivity index (χ3v) is 11.5. The molecule has 1 amide bonds. The van der Waals surface area contributed by atoms with Crippen LogP contribution in [0.3, 0.4) is 0 Å². The minimum absolute atomic E-state index is 0.0145. The van der Waals surface area contributed by atoms with E-state index in [9.17, 15) is 59.0 Å². The Morgan fingerprint density at radius 1 is 0.705 bits per heavy atom. The topological polar surface area (TPSA) is 112 Å². The van der Waals surface area contributed by atoms with E-state index >= 15 is 0 Å². The third kappa shape index (κ3) is 12.0. The Bertz CT molecular complexity index is 2090. The fourth-order valence-electron chi connectivity index (χ4n) is 8.05. The quantitative estimate of drug-likeness (QED) is 0.174. The second-order valence-corrected chi connectivity index (χ2v) is 15.6. The molecule has 0 saturated carbocycles. The number of nitrogens with one attached hydrogen (secondary N) is 2. The van der Waals surface area contributed by atoms with Crippen LogP contribution in [0.25, 0.3) is 0 Å². The van der Waals surface area contributed by atoms with Gasteiger partial charge in [-0.25, -0.2) is 4.79 Å². The van der Waals surface area contributed by atoms with E-state index in [2.05, 4.69) is 20.1 Å². The van der Waals surface area contributed by atoms with Crippen LogP contribution in [-0.2, 0) is 25.1 Å². The first-order valence-corrected chi connectivity index (χ1v) is 19.9. The SMILES string of the molecule is CCN(c1cc(C(F)(F)F)cc(C(=O)NCc2c(C(F)(F)F)cc(C)[nH]c2=O)c1C)C1CCN(C)CC1.CCN(c1cc(C(F)(F)F)cc(C(=O)O)c1C)C1CCN(C)CC1. The Morgan fingerprint density at radius 3 is 1.49 bits per heavy atom. The smallest absolute Gasteiger partial charge is 0.417 e. The van der Waals surface area contributed by atoms with Crippen LogP contribution in [0.4, 0.5) is 50.9 Å². The standard InChI is InChI=1S/C25H30F6N4O2.C17H23F3N2O2/c1-5-35(17-6-8-34(4)9-7-17)21-12-16(24(26,27)28)11-18(15(21)3)22(36)32-13-19-20(25(29,30)31)10-14(2)33-23(19)37;1-4-22(13-5-7-21(3)8-6-13)15-10-12(17(18,19)20)9-14(11(15)2)16(23)24/h10-12,17H,5-9,13H2,1-4H3,(H,32,36)(H,33,37);9-10,13H,4-8H2,1-3H3,(H,23,24). The highest BCUT2D eigenvalue weighted by molar-refractivity contribution is 5.97. The number of carboxylic acids is 1. The van der Waals surface area contributed by atoms with Gasteiger partial charge in [0.05, 0.1) is 22.3 Å². The summed E-state index contributed by atoms with van der Waals surface area (Å²) in [6.07, 6.45) is -11.0.